The van der Waals surface area contributed by atoms with E-state index in [0.29, 0.717) is 31.7 Å². The van der Waals surface area contributed by atoms with Gasteiger partial charge in [0.15, 0.2) is 0 Å². The molecule has 0 unspecified atom stereocenters. The molecule has 2 aliphatic rings. The summed E-state index contributed by atoms with van der Waals surface area (Å²) in [6, 6.07) is 5.89. The van der Waals surface area contributed by atoms with E-state index in [4.69, 9.17) is 16.6 Å². The first-order valence-electron chi connectivity index (χ1n) is 10.1. The average Bonchev–Trinajstić information content (AvgIpc) is 2.74. The van der Waals surface area contributed by atoms with E-state index in [0.717, 1.165) is 30.5 Å². The molecule has 0 radical (unpaired) electrons. The van der Waals surface area contributed by atoms with Crippen molar-refractivity contribution in [1.29, 1.82) is 0 Å². The molecule has 154 valence electrons. The number of aromatic nitrogens is 2. The number of piperazine rings is 1. The standard InChI is InChI=1S/C21H25ClFN5O/c1-15-13-19(25-21(24-15)28-7-3-2-4-8-28)26-9-11-27(12-10-26)20(29)17-6-5-16(23)14-18(17)22/h5-6,13-14H,2-4,7-12H2,1H3. The van der Waals surface area contributed by atoms with Gasteiger partial charge in [0.05, 0.1) is 10.6 Å². The number of piperidine rings is 1. The molecule has 6 nitrogen and oxygen atoms in total. The van der Waals surface area contributed by atoms with Crippen molar-refractivity contribution in [2.24, 2.45) is 0 Å². The number of amides is 1. The first-order valence-corrected chi connectivity index (χ1v) is 10.5. The number of rotatable bonds is 3. The predicted octanol–water partition coefficient (Wildman–Crippen LogP) is 3.53. The fourth-order valence-electron chi connectivity index (χ4n) is 3.91. The minimum Gasteiger partial charge on any atom is -0.353 e. The van der Waals surface area contributed by atoms with Crippen molar-refractivity contribution in [3.8, 4) is 0 Å². The summed E-state index contributed by atoms with van der Waals surface area (Å²) in [6.07, 6.45) is 3.63. The Morgan fingerprint density at radius 2 is 1.69 bits per heavy atom. The maximum Gasteiger partial charge on any atom is 0.255 e. The SMILES string of the molecule is Cc1cc(N2CCN(C(=O)c3ccc(F)cc3Cl)CC2)nc(N2CCCCC2)n1. The van der Waals surface area contributed by atoms with Gasteiger partial charge in [0.25, 0.3) is 5.91 Å². The van der Waals surface area contributed by atoms with Gasteiger partial charge in [-0.05, 0) is 44.4 Å². The van der Waals surface area contributed by atoms with E-state index < -0.39 is 5.82 Å². The summed E-state index contributed by atoms with van der Waals surface area (Å²) in [6.45, 7) is 6.49. The number of anilines is 2. The number of benzene rings is 1. The summed E-state index contributed by atoms with van der Waals surface area (Å²) >= 11 is 6.06. The molecular formula is C21H25ClFN5O. The number of carbonyl (C=O) groups is 1. The van der Waals surface area contributed by atoms with Crippen LogP contribution in [0.2, 0.25) is 5.02 Å². The molecule has 3 heterocycles. The van der Waals surface area contributed by atoms with Gasteiger partial charge in [0.2, 0.25) is 5.95 Å². The maximum atomic E-state index is 13.3. The summed E-state index contributed by atoms with van der Waals surface area (Å²) < 4.78 is 13.3. The largest absolute Gasteiger partial charge is 0.353 e. The molecule has 2 aliphatic heterocycles. The minimum absolute atomic E-state index is 0.148. The van der Waals surface area contributed by atoms with Crippen LogP contribution >= 0.6 is 11.6 Å². The molecular weight excluding hydrogens is 393 g/mol. The van der Waals surface area contributed by atoms with Gasteiger partial charge < -0.3 is 14.7 Å². The number of halogens is 2. The smallest absolute Gasteiger partial charge is 0.255 e. The Balaban J connectivity index is 1.44. The van der Waals surface area contributed by atoms with E-state index in [1.807, 2.05) is 13.0 Å². The average molecular weight is 418 g/mol. The maximum absolute atomic E-state index is 13.3. The molecule has 0 atom stereocenters. The Hall–Kier alpha value is -2.41. The van der Waals surface area contributed by atoms with Crippen molar-refractivity contribution in [3.05, 3.63) is 46.4 Å². The first-order chi connectivity index (χ1) is 14.0. The lowest BCUT2D eigenvalue weighted by Crippen LogP contribution is -2.49. The summed E-state index contributed by atoms with van der Waals surface area (Å²) in [5.74, 6) is 1.10. The summed E-state index contributed by atoms with van der Waals surface area (Å²) in [5.41, 5.74) is 1.29. The van der Waals surface area contributed by atoms with Gasteiger partial charge in [0.1, 0.15) is 11.6 Å². The van der Waals surface area contributed by atoms with E-state index >= 15 is 0 Å². The lowest BCUT2D eigenvalue weighted by molar-refractivity contribution is 0.0746. The lowest BCUT2D eigenvalue weighted by Gasteiger charge is -2.36. The van der Waals surface area contributed by atoms with E-state index in [2.05, 4.69) is 14.8 Å². The zero-order chi connectivity index (χ0) is 20.4. The predicted molar refractivity (Wildman–Crippen MR) is 112 cm³/mol. The van der Waals surface area contributed by atoms with Crippen LogP contribution in [0.1, 0.15) is 35.3 Å². The number of nitrogens with zero attached hydrogens (tertiary/aromatic N) is 5. The number of hydrogen-bond donors (Lipinski definition) is 0. The molecule has 29 heavy (non-hydrogen) atoms. The fourth-order valence-corrected chi connectivity index (χ4v) is 4.15. The quantitative estimate of drug-likeness (QED) is 0.764. The summed E-state index contributed by atoms with van der Waals surface area (Å²) in [5, 5.41) is 0.148. The highest BCUT2D eigenvalue weighted by atomic mass is 35.5. The van der Waals surface area contributed by atoms with Crippen LogP contribution in [-0.4, -0.2) is 60.0 Å². The van der Waals surface area contributed by atoms with E-state index in [1.165, 1.54) is 37.5 Å². The monoisotopic (exact) mass is 417 g/mol. The fraction of sp³-hybridized carbons (Fsp3) is 0.476. The Morgan fingerprint density at radius 1 is 0.966 bits per heavy atom. The Morgan fingerprint density at radius 3 is 2.38 bits per heavy atom. The third-order valence-electron chi connectivity index (χ3n) is 5.52. The highest BCUT2D eigenvalue weighted by molar-refractivity contribution is 6.33. The van der Waals surface area contributed by atoms with Crippen molar-refractivity contribution < 1.29 is 9.18 Å². The van der Waals surface area contributed by atoms with E-state index in [1.54, 1.807) is 4.90 Å². The summed E-state index contributed by atoms with van der Waals surface area (Å²) in [4.78, 5) is 28.4. The third-order valence-corrected chi connectivity index (χ3v) is 5.83. The first kappa shape index (κ1) is 19.9. The molecule has 0 N–H and O–H groups in total. The van der Waals surface area contributed by atoms with Gasteiger partial charge in [-0.15, -0.1) is 0 Å². The topological polar surface area (TPSA) is 52.6 Å². The second-order valence-corrected chi connectivity index (χ2v) is 8.03. The second-order valence-electron chi connectivity index (χ2n) is 7.62. The molecule has 1 amide bonds. The Bertz CT molecular complexity index is 895. The lowest BCUT2D eigenvalue weighted by atomic mass is 10.1. The van der Waals surface area contributed by atoms with E-state index in [9.17, 15) is 9.18 Å². The highest BCUT2D eigenvalue weighted by Gasteiger charge is 2.25. The highest BCUT2D eigenvalue weighted by Crippen LogP contribution is 2.23. The van der Waals surface area contributed by atoms with Crippen molar-refractivity contribution in [2.45, 2.75) is 26.2 Å². The van der Waals surface area contributed by atoms with Crippen molar-refractivity contribution in [3.63, 3.8) is 0 Å². The van der Waals surface area contributed by atoms with Crippen LogP contribution in [0.25, 0.3) is 0 Å². The molecule has 8 heteroatoms. The van der Waals surface area contributed by atoms with Crippen LogP contribution in [0.15, 0.2) is 24.3 Å². The normalized spacial score (nSPS) is 17.6. The molecule has 0 aliphatic carbocycles. The van der Waals surface area contributed by atoms with Crippen molar-refractivity contribution >= 4 is 29.3 Å². The van der Waals surface area contributed by atoms with Gasteiger partial charge in [-0.1, -0.05) is 11.6 Å². The van der Waals surface area contributed by atoms with Gasteiger partial charge >= 0.3 is 0 Å². The molecule has 0 saturated carbocycles. The number of aryl methyl sites for hydroxylation is 1. The van der Waals surface area contributed by atoms with Crippen LogP contribution in [0.4, 0.5) is 16.2 Å². The van der Waals surface area contributed by atoms with E-state index in [-0.39, 0.29) is 10.9 Å². The molecule has 4 rings (SSSR count). The zero-order valence-electron chi connectivity index (χ0n) is 16.6. The number of hydrogen-bond acceptors (Lipinski definition) is 5. The number of carbonyl (C=O) groups excluding carboxylic acids is 1. The molecule has 1 aromatic carbocycles. The van der Waals surface area contributed by atoms with Gasteiger partial charge in [-0.3, -0.25) is 4.79 Å². The van der Waals surface area contributed by atoms with Crippen LogP contribution in [-0.2, 0) is 0 Å². The van der Waals surface area contributed by atoms with Crippen LogP contribution < -0.4 is 9.80 Å². The van der Waals surface area contributed by atoms with Gasteiger partial charge in [-0.25, -0.2) is 9.37 Å². The summed E-state index contributed by atoms with van der Waals surface area (Å²) in [7, 11) is 0. The minimum atomic E-state index is -0.444. The zero-order valence-corrected chi connectivity index (χ0v) is 17.3. The second kappa shape index (κ2) is 8.53. The molecule has 2 aromatic rings. The third kappa shape index (κ3) is 4.45. The molecule has 0 spiro atoms. The molecule has 2 saturated heterocycles. The van der Waals surface area contributed by atoms with Crippen molar-refractivity contribution in [1.82, 2.24) is 14.9 Å². The Kier molecular flexibility index (Phi) is 5.85. The van der Waals surface area contributed by atoms with Crippen LogP contribution in [0.5, 0.6) is 0 Å². The van der Waals surface area contributed by atoms with Crippen LogP contribution in [0, 0.1) is 12.7 Å². The Labute approximate surface area is 175 Å². The molecule has 1 aromatic heterocycles. The van der Waals surface area contributed by atoms with Crippen LogP contribution in [0.3, 0.4) is 0 Å². The molecule has 0 bridgehead atoms. The van der Waals surface area contributed by atoms with Crippen molar-refractivity contribution in [2.75, 3.05) is 49.1 Å². The molecule has 2 fully saturated rings. The van der Waals surface area contributed by atoms with Gasteiger partial charge in [-0.2, -0.15) is 4.98 Å². The van der Waals surface area contributed by atoms with Gasteiger partial charge in [0, 0.05) is 51.0 Å².